The minimum atomic E-state index is 0.922. The summed E-state index contributed by atoms with van der Waals surface area (Å²) in [5, 5.41) is 3.40. The predicted octanol–water partition coefficient (Wildman–Crippen LogP) is 3.33. The van der Waals surface area contributed by atoms with Gasteiger partial charge >= 0.3 is 0 Å². The van der Waals surface area contributed by atoms with Crippen molar-refractivity contribution < 1.29 is 0 Å². The number of hydrogen-bond acceptors (Lipinski definition) is 2. The van der Waals surface area contributed by atoms with E-state index in [9.17, 15) is 0 Å². The Morgan fingerprint density at radius 3 is 2.79 bits per heavy atom. The van der Waals surface area contributed by atoms with Crippen LogP contribution in [-0.4, -0.2) is 13.1 Å². The molecule has 1 nitrogen and oxygen atoms in total. The first-order chi connectivity index (χ1) is 6.84. The van der Waals surface area contributed by atoms with Crippen molar-refractivity contribution in [2.24, 2.45) is 5.92 Å². The molecule has 1 N–H and O–H groups in total. The lowest BCUT2D eigenvalue weighted by Crippen LogP contribution is -2.27. The summed E-state index contributed by atoms with van der Waals surface area (Å²) in [7, 11) is 0. The van der Waals surface area contributed by atoms with E-state index in [0.717, 1.165) is 10.3 Å². The second kappa shape index (κ2) is 5.15. The van der Waals surface area contributed by atoms with Gasteiger partial charge in [-0.3, -0.25) is 0 Å². The van der Waals surface area contributed by atoms with E-state index in [-0.39, 0.29) is 0 Å². The number of aryl methyl sites for hydroxylation is 1. The van der Waals surface area contributed by atoms with Crippen molar-refractivity contribution in [2.45, 2.75) is 25.7 Å². The maximum Gasteiger partial charge on any atom is 0.0931 e. The minimum Gasteiger partial charge on any atom is -0.317 e. The van der Waals surface area contributed by atoms with Gasteiger partial charge in [0.1, 0.15) is 0 Å². The molecule has 0 amide bonds. The van der Waals surface area contributed by atoms with E-state index in [1.165, 1.54) is 43.6 Å². The summed E-state index contributed by atoms with van der Waals surface area (Å²) < 4.78 is 0.922. The topological polar surface area (TPSA) is 12.0 Å². The smallest absolute Gasteiger partial charge is 0.0931 e. The number of piperidine rings is 1. The van der Waals surface area contributed by atoms with Crippen molar-refractivity contribution in [1.29, 1.82) is 0 Å². The molecule has 1 aromatic heterocycles. The van der Waals surface area contributed by atoms with Gasteiger partial charge in [0.15, 0.2) is 0 Å². The highest BCUT2D eigenvalue weighted by Gasteiger charge is 2.12. The van der Waals surface area contributed by atoms with Gasteiger partial charge < -0.3 is 5.32 Å². The summed E-state index contributed by atoms with van der Waals surface area (Å²) in [6, 6.07) is 4.16. The van der Waals surface area contributed by atoms with Gasteiger partial charge in [-0.1, -0.05) is 11.6 Å². The lowest BCUT2D eigenvalue weighted by atomic mass is 9.93. The van der Waals surface area contributed by atoms with Gasteiger partial charge in [0.2, 0.25) is 0 Å². The van der Waals surface area contributed by atoms with Gasteiger partial charge in [-0.25, -0.2) is 0 Å². The van der Waals surface area contributed by atoms with Crippen molar-refractivity contribution in [1.82, 2.24) is 5.32 Å². The van der Waals surface area contributed by atoms with Crippen LogP contribution >= 0.6 is 22.9 Å². The van der Waals surface area contributed by atoms with Gasteiger partial charge in [0, 0.05) is 4.88 Å². The van der Waals surface area contributed by atoms with E-state index in [2.05, 4.69) is 11.4 Å². The van der Waals surface area contributed by atoms with Crippen LogP contribution in [-0.2, 0) is 6.42 Å². The molecule has 0 spiro atoms. The van der Waals surface area contributed by atoms with Crippen LogP contribution in [0.15, 0.2) is 12.1 Å². The van der Waals surface area contributed by atoms with Gasteiger partial charge in [-0.05, 0) is 56.8 Å². The van der Waals surface area contributed by atoms with E-state index in [1.807, 2.05) is 6.07 Å². The molecule has 3 heteroatoms. The average molecular weight is 230 g/mol. The molecule has 0 unspecified atom stereocenters. The molecule has 14 heavy (non-hydrogen) atoms. The van der Waals surface area contributed by atoms with Crippen molar-refractivity contribution >= 4 is 22.9 Å². The molecule has 0 saturated carbocycles. The highest BCUT2D eigenvalue weighted by Crippen LogP contribution is 2.25. The molecule has 0 radical (unpaired) electrons. The fourth-order valence-corrected chi connectivity index (χ4v) is 3.11. The SMILES string of the molecule is Clc1ccc(CCC2CCNCC2)s1. The summed E-state index contributed by atoms with van der Waals surface area (Å²) in [4.78, 5) is 1.44. The van der Waals surface area contributed by atoms with Crippen LogP contribution in [0, 0.1) is 5.92 Å². The Balaban J connectivity index is 1.76. The van der Waals surface area contributed by atoms with E-state index in [4.69, 9.17) is 11.6 Å². The molecule has 1 fully saturated rings. The zero-order valence-electron chi connectivity index (χ0n) is 8.26. The van der Waals surface area contributed by atoms with Crippen molar-refractivity contribution in [2.75, 3.05) is 13.1 Å². The Kier molecular flexibility index (Phi) is 3.85. The van der Waals surface area contributed by atoms with Crippen molar-refractivity contribution in [3.63, 3.8) is 0 Å². The molecule has 1 aromatic rings. The molecule has 1 aliphatic rings. The number of rotatable bonds is 3. The minimum absolute atomic E-state index is 0.922. The standard InChI is InChI=1S/C11H16ClNS/c12-11-4-3-10(14-11)2-1-9-5-7-13-8-6-9/h3-4,9,13H,1-2,5-8H2. The fourth-order valence-electron chi connectivity index (χ4n) is 2.00. The highest BCUT2D eigenvalue weighted by molar-refractivity contribution is 7.16. The Bertz CT molecular complexity index is 279. The Morgan fingerprint density at radius 1 is 1.36 bits per heavy atom. The van der Waals surface area contributed by atoms with E-state index >= 15 is 0 Å². The van der Waals surface area contributed by atoms with Crippen LogP contribution in [0.2, 0.25) is 4.34 Å². The first-order valence-electron chi connectivity index (χ1n) is 5.29. The van der Waals surface area contributed by atoms with E-state index < -0.39 is 0 Å². The third kappa shape index (κ3) is 2.97. The number of halogens is 1. The zero-order valence-corrected chi connectivity index (χ0v) is 9.83. The largest absolute Gasteiger partial charge is 0.317 e. The summed E-state index contributed by atoms with van der Waals surface area (Å²) in [5.74, 6) is 0.928. The van der Waals surface area contributed by atoms with Gasteiger partial charge in [0.25, 0.3) is 0 Å². The maximum absolute atomic E-state index is 5.89. The molecule has 0 aromatic carbocycles. The molecule has 2 rings (SSSR count). The van der Waals surface area contributed by atoms with Crippen LogP contribution in [0.25, 0.3) is 0 Å². The molecule has 1 aliphatic heterocycles. The molecular formula is C11H16ClNS. The average Bonchev–Trinajstić information content (AvgIpc) is 2.63. The maximum atomic E-state index is 5.89. The first-order valence-corrected chi connectivity index (χ1v) is 6.49. The third-order valence-electron chi connectivity index (χ3n) is 2.89. The van der Waals surface area contributed by atoms with E-state index in [1.54, 1.807) is 11.3 Å². The first kappa shape index (κ1) is 10.5. The van der Waals surface area contributed by atoms with Gasteiger partial charge in [0.05, 0.1) is 4.34 Å². The highest BCUT2D eigenvalue weighted by atomic mass is 35.5. The van der Waals surface area contributed by atoms with Crippen LogP contribution in [0.1, 0.15) is 24.1 Å². The lowest BCUT2D eigenvalue weighted by molar-refractivity contribution is 0.355. The van der Waals surface area contributed by atoms with E-state index in [0.29, 0.717) is 0 Å². The van der Waals surface area contributed by atoms with Crippen LogP contribution in [0.3, 0.4) is 0 Å². The second-order valence-electron chi connectivity index (χ2n) is 3.94. The molecule has 0 bridgehead atoms. The van der Waals surface area contributed by atoms with Crippen LogP contribution < -0.4 is 5.32 Å². The lowest BCUT2D eigenvalue weighted by Gasteiger charge is -2.22. The third-order valence-corrected chi connectivity index (χ3v) is 4.18. The Morgan fingerprint density at radius 2 is 2.14 bits per heavy atom. The van der Waals surface area contributed by atoms with Gasteiger partial charge in [-0.15, -0.1) is 11.3 Å². The molecule has 2 heterocycles. The quantitative estimate of drug-likeness (QED) is 0.839. The second-order valence-corrected chi connectivity index (χ2v) is 5.74. The Labute approximate surface area is 94.5 Å². The summed E-state index contributed by atoms with van der Waals surface area (Å²) in [5.41, 5.74) is 0. The summed E-state index contributed by atoms with van der Waals surface area (Å²) >= 11 is 7.62. The zero-order chi connectivity index (χ0) is 9.80. The monoisotopic (exact) mass is 229 g/mol. The van der Waals surface area contributed by atoms with Gasteiger partial charge in [-0.2, -0.15) is 0 Å². The number of nitrogens with one attached hydrogen (secondary N) is 1. The fraction of sp³-hybridized carbons (Fsp3) is 0.636. The summed E-state index contributed by atoms with van der Waals surface area (Å²) in [6.45, 7) is 2.41. The summed E-state index contributed by atoms with van der Waals surface area (Å²) in [6.07, 6.45) is 5.23. The normalized spacial score (nSPS) is 18.6. The molecule has 0 aliphatic carbocycles. The van der Waals surface area contributed by atoms with Crippen molar-refractivity contribution in [3.05, 3.63) is 21.3 Å². The van der Waals surface area contributed by atoms with Crippen LogP contribution in [0.4, 0.5) is 0 Å². The molecule has 0 atom stereocenters. The number of hydrogen-bond donors (Lipinski definition) is 1. The molecule has 78 valence electrons. The predicted molar refractivity (Wildman–Crippen MR) is 63.2 cm³/mol. The van der Waals surface area contributed by atoms with Crippen molar-refractivity contribution in [3.8, 4) is 0 Å². The molecule has 1 saturated heterocycles. The number of thiophene rings is 1. The molecular weight excluding hydrogens is 214 g/mol. The van der Waals surface area contributed by atoms with Crippen LogP contribution in [0.5, 0.6) is 0 Å². The Hall–Kier alpha value is -0.0500.